The zero-order chi connectivity index (χ0) is 18.9. The lowest BCUT2D eigenvalue weighted by Gasteiger charge is -2.39. The Morgan fingerprint density at radius 3 is 2.27 bits per heavy atom. The van der Waals surface area contributed by atoms with Gasteiger partial charge in [-0.1, -0.05) is 6.07 Å². The molecule has 0 unspecified atom stereocenters. The maximum atomic E-state index is 12.2. The first-order valence-corrected chi connectivity index (χ1v) is 9.39. The zero-order valence-corrected chi connectivity index (χ0v) is 16.2. The van der Waals surface area contributed by atoms with E-state index < -0.39 is 5.60 Å². The van der Waals surface area contributed by atoms with Gasteiger partial charge in [-0.25, -0.2) is 4.79 Å². The van der Waals surface area contributed by atoms with E-state index >= 15 is 0 Å². The number of rotatable bonds is 1. The van der Waals surface area contributed by atoms with Gasteiger partial charge in [0.25, 0.3) is 0 Å². The number of carbonyl (C=O) groups excluding carboxylic acids is 2. The van der Waals surface area contributed by atoms with E-state index in [2.05, 4.69) is 11.0 Å². The molecule has 0 radical (unpaired) electrons. The van der Waals surface area contributed by atoms with Gasteiger partial charge in [0.05, 0.1) is 0 Å². The molecule has 0 atom stereocenters. The molecule has 2 aliphatic rings. The first-order valence-electron chi connectivity index (χ1n) is 9.39. The molecule has 0 bridgehead atoms. The Bertz CT molecular complexity index is 688. The van der Waals surface area contributed by atoms with Crippen molar-refractivity contribution < 1.29 is 14.3 Å². The van der Waals surface area contributed by atoms with Crippen LogP contribution in [0, 0.1) is 0 Å². The van der Waals surface area contributed by atoms with Crippen LogP contribution in [-0.2, 0) is 16.0 Å². The predicted octanol–water partition coefficient (Wildman–Crippen LogP) is 3.04. The Morgan fingerprint density at radius 2 is 1.65 bits per heavy atom. The number of ether oxygens (including phenoxy) is 1. The van der Waals surface area contributed by atoms with Gasteiger partial charge < -0.3 is 19.4 Å². The smallest absolute Gasteiger partial charge is 0.410 e. The molecule has 1 saturated heterocycles. The fourth-order valence-corrected chi connectivity index (χ4v) is 3.69. The van der Waals surface area contributed by atoms with Crippen LogP contribution in [0.3, 0.4) is 0 Å². The second kappa shape index (κ2) is 7.17. The maximum Gasteiger partial charge on any atom is 0.410 e. The van der Waals surface area contributed by atoms with Crippen LogP contribution in [-0.4, -0.2) is 55.2 Å². The highest BCUT2D eigenvalue weighted by Crippen LogP contribution is 2.35. The number of fused-ring (bicyclic) bond motifs is 1. The lowest BCUT2D eigenvalue weighted by Crippen LogP contribution is -2.50. The maximum absolute atomic E-state index is 12.2. The number of nitrogens with zero attached hydrogens (tertiary/aromatic N) is 3. The third kappa shape index (κ3) is 3.94. The van der Waals surface area contributed by atoms with Gasteiger partial charge in [-0.3, -0.25) is 4.79 Å². The van der Waals surface area contributed by atoms with Gasteiger partial charge in [0.2, 0.25) is 5.91 Å². The minimum atomic E-state index is -0.469. The summed E-state index contributed by atoms with van der Waals surface area (Å²) in [6, 6.07) is 6.19. The molecule has 1 aromatic rings. The molecule has 0 N–H and O–H groups in total. The van der Waals surface area contributed by atoms with Crippen LogP contribution >= 0.6 is 0 Å². The van der Waals surface area contributed by atoms with E-state index in [0.717, 1.165) is 38.2 Å². The molecule has 0 saturated carbocycles. The van der Waals surface area contributed by atoms with Crippen LogP contribution in [0.1, 0.15) is 39.7 Å². The standard InChI is InChI=1S/C20H29N3O3/c1-15(24)23-10-6-7-16-17(8-5-9-18(16)23)21-11-13-22(14-12-21)19(25)26-20(2,3)4/h5,8-9H,6-7,10-14H2,1-4H3. The molecule has 26 heavy (non-hydrogen) atoms. The van der Waals surface area contributed by atoms with Crippen molar-refractivity contribution in [1.29, 1.82) is 0 Å². The second-order valence-corrected chi connectivity index (χ2v) is 8.00. The number of carbonyl (C=O) groups is 2. The summed E-state index contributed by atoms with van der Waals surface area (Å²) in [5, 5.41) is 0. The van der Waals surface area contributed by atoms with Crippen LogP contribution < -0.4 is 9.80 Å². The van der Waals surface area contributed by atoms with E-state index in [4.69, 9.17) is 4.74 Å². The number of hydrogen-bond acceptors (Lipinski definition) is 4. The SMILES string of the molecule is CC(=O)N1CCCc2c(N3CCN(C(=O)OC(C)(C)C)CC3)cccc21. The highest BCUT2D eigenvalue weighted by Gasteiger charge is 2.28. The molecule has 2 amide bonds. The topological polar surface area (TPSA) is 53.1 Å². The van der Waals surface area contributed by atoms with Gasteiger partial charge in [-0.05, 0) is 51.3 Å². The van der Waals surface area contributed by atoms with E-state index in [1.165, 1.54) is 11.3 Å². The van der Waals surface area contributed by atoms with E-state index in [1.54, 1.807) is 11.8 Å². The lowest BCUT2D eigenvalue weighted by atomic mass is 9.98. The molecule has 6 nitrogen and oxygen atoms in total. The molecular formula is C20H29N3O3. The predicted molar refractivity (Wildman–Crippen MR) is 103 cm³/mol. The lowest BCUT2D eigenvalue weighted by molar-refractivity contribution is -0.116. The highest BCUT2D eigenvalue weighted by atomic mass is 16.6. The third-order valence-corrected chi connectivity index (χ3v) is 4.88. The van der Waals surface area contributed by atoms with Crippen LogP contribution in [0.25, 0.3) is 0 Å². The van der Waals surface area contributed by atoms with Gasteiger partial charge in [-0.15, -0.1) is 0 Å². The molecule has 2 heterocycles. The normalized spacial score (nSPS) is 17.8. The van der Waals surface area contributed by atoms with Gasteiger partial charge in [0.1, 0.15) is 5.60 Å². The minimum Gasteiger partial charge on any atom is -0.444 e. The highest BCUT2D eigenvalue weighted by molar-refractivity contribution is 5.94. The number of piperazine rings is 1. The van der Waals surface area contributed by atoms with Gasteiger partial charge in [-0.2, -0.15) is 0 Å². The summed E-state index contributed by atoms with van der Waals surface area (Å²) >= 11 is 0. The largest absolute Gasteiger partial charge is 0.444 e. The summed E-state index contributed by atoms with van der Waals surface area (Å²) in [4.78, 5) is 30.2. The first kappa shape index (κ1) is 18.5. The molecule has 0 spiro atoms. The molecule has 142 valence electrons. The summed E-state index contributed by atoms with van der Waals surface area (Å²) in [7, 11) is 0. The Hall–Kier alpha value is -2.24. The van der Waals surface area contributed by atoms with Crippen LogP contribution in [0.2, 0.25) is 0 Å². The number of amides is 2. The van der Waals surface area contributed by atoms with Crippen LogP contribution in [0.4, 0.5) is 16.2 Å². The quantitative estimate of drug-likeness (QED) is 0.773. The molecule has 3 rings (SSSR count). The number of benzene rings is 1. The molecule has 1 aromatic carbocycles. The van der Waals surface area contributed by atoms with Crippen molar-refractivity contribution in [2.75, 3.05) is 42.5 Å². The average molecular weight is 359 g/mol. The Kier molecular flexibility index (Phi) is 5.12. The molecule has 1 fully saturated rings. The van der Waals surface area contributed by atoms with E-state index in [0.29, 0.717) is 13.1 Å². The second-order valence-electron chi connectivity index (χ2n) is 8.00. The van der Waals surface area contributed by atoms with Crippen molar-refractivity contribution >= 4 is 23.4 Å². The van der Waals surface area contributed by atoms with Crippen molar-refractivity contribution in [3.8, 4) is 0 Å². The van der Waals surface area contributed by atoms with Crippen molar-refractivity contribution in [2.24, 2.45) is 0 Å². The fraction of sp³-hybridized carbons (Fsp3) is 0.600. The summed E-state index contributed by atoms with van der Waals surface area (Å²) in [6.45, 7) is 10.9. The number of anilines is 2. The van der Waals surface area contributed by atoms with Gasteiger partial charge >= 0.3 is 6.09 Å². The molecule has 0 aromatic heterocycles. The average Bonchev–Trinajstić information content (AvgIpc) is 2.59. The van der Waals surface area contributed by atoms with Crippen molar-refractivity contribution in [3.63, 3.8) is 0 Å². The molecule has 6 heteroatoms. The fourth-order valence-electron chi connectivity index (χ4n) is 3.69. The Morgan fingerprint density at radius 1 is 1.00 bits per heavy atom. The summed E-state index contributed by atoms with van der Waals surface area (Å²) in [5.41, 5.74) is 3.01. The monoisotopic (exact) mass is 359 g/mol. The van der Waals surface area contributed by atoms with E-state index in [1.807, 2.05) is 37.8 Å². The minimum absolute atomic E-state index is 0.0952. The first-order chi connectivity index (χ1) is 12.3. The van der Waals surface area contributed by atoms with Crippen molar-refractivity contribution in [3.05, 3.63) is 23.8 Å². The summed E-state index contributed by atoms with van der Waals surface area (Å²) in [5.74, 6) is 0.0952. The van der Waals surface area contributed by atoms with Crippen LogP contribution in [0.5, 0.6) is 0 Å². The molecular weight excluding hydrogens is 330 g/mol. The van der Waals surface area contributed by atoms with Gasteiger partial charge in [0, 0.05) is 51.0 Å². The van der Waals surface area contributed by atoms with Gasteiger partial charge in [0.15, 0.2) is 0 Å². The van der Waals surface area contributed by atoms with Crippen molar-refractivity contribution in [1.82, 2.24) is 4.90 Å². The summed E-state index contributed by atoms with van der Waals surface area (Å²) < 4.78 is 5.47. The van der Waals surface area contributed by atoms with E-state index in [-0.39, 0.29) is 12.0 Å². The summed E-state index contributed by atoms with van der Waals surface area (Å²) in [6.07, 6.45) is 1.73. The number of hydrogen-bond donors (Lipinski definition) is 0. The van der Waals surface area contributed by atoms with E-state index in [9.17, 15) is 9.59 Å². The van der Waals surface area contributed by atoms with Crippen molar-refractivity contribution in [2.45, 2.75) is 46.1 Å². The van der Waals surface area contributed by atoms with Crippen LogP contribution in [0.15, 0.2) is 18.2 Å². The zero-order valence-electron chi connectivity index (χ0n) is 16.2. The molecule has 2 aliphatic heterocycles. The molecule has 0 aliphatic carbocycles. The Balaban J connectivity index is 1.72. The Labute approximate surface area is 155 Å². The third-order valence-electron chi connectivity index (χ3n) is 4.88.